The summed E-state index contributed by atoms with van der Waals surface area (Å²) >= 11 is 1.08. The molecule has 0 bridgehead atoms. The average molecular weight is 261 g/mol. The average Bonchev–Trinajstić information content (AvgIpc) is 2.80. The van der Waals surface area contributed by atoms with Crippen LogP contribution in [0.1, 0.15) is 28.5 Å². The van der Waals surface area contributed by atoms with Crippen molar-refractivity contribution in [3.05, 3.63) is 49.4 Å². The Hall–Kier alpha value is -1.55. The predicted octanol–water partition coefficient (Wildman–Crippen LogP) is 2.47. The molecule has 0 saturated carbocycles. The highest BCUT2D eigenvalue weighted by Gasteiger charge is 2.18. The standard InChI is InChI=1S/C14H15NO2S/c1-8-4-10-3-2-9(6-11(10)5-8)7-12-13(16)15-14(17)18-12/h2-3,6,8,16H,4-5,7H2,1H3,(H,15,17). The molecule has 0 amide bonds. The first kappa shape index (κ1) is 11.5. The Bertz CT molecular complexity index is 641. The lowest BCUT2D eigenvalue weighted by Gasteiger charge is -2.03. The lowest BCUT2D eigenvalue weighted by Crippen LogP contribution is -1.90. The van der Waals surface area contributed by atoms with Gasteiger partial charge in [-0.25, -0.2) is 0 Å². The van der Waals surface area contributed by atoms with E-state index in [1.165, 1.54) is 17.5 Å². The summed E-state index contributed by atoms with van der Waals surface area (Å²) < 4.78 is 0. The Balaban J connectivity index is 1.88. The van der Waals surface area contributed by atoms with Crippen molar-refractivity contribution in [2.75, 3.05) is 0 Å². The van der Waals surface area contributed by atoms with Crippen molar-refractivity contribution < 1.29 is 5.11 Å². The van der Waals surface area contributed by atoms with E-state index in [4.69, 9.17) is 0 Å². The second kappa shape index (κ2) is 4.28. The van der Waals surface area contributed by atoms with Crippen molar-refractivity contribution in [2.24, 2.45) is 5.92 Å². The summed E-state index contributed by atoms with van der Waals surface area (Å²) in [6.45, 7) is 2.27. The predicted molar refractivity (Wildman–Crippen MR) is 72.4 cm³/mol. The highest BCUT2D eigenvalue weighted by atomic mass is 32.1. The molecule has 0 radical (unpaired) electrons. The van der Waals surface area contributed by atoms with Crippen LogP contribution in [0, 0.1) is 5.92 Å². The minimum absolute atomic E-state index is 0.0128. The Kier molecular flexibility index (Phi) is 2.74. The summed E-state index contributed by atoms with van der Waals surface area (Å²) in [4.78, 5) is 14.1. The molecular weight excluding hydrogens is 246 g/mol. The summed E-state index contributed by atoms with van der Waals surface area (Å²) in [5.41, 5.74) is 4.02. The SMILES string of the molecule is CC1Cc2ccc(Cc3sc(=O)[nH]c3O)cc2C1. The maximum Gasteiger partial charge on any atom is 0.307 e. The molecule has 2 N–H and O–H groups in total. The number of hydrogen-bond donors (Lipinski definition) is 2. The molecule has 3 rings (SSSR count). The molecule has 4 heteroatoms. The Labute approximate surface area is 109 Å². The first-order chi connectivity index (χ1) is 8.61. The molecule has 94 valence electrons. The van der Waals surface area contributed by atoms with Gasteiger partial charge < -0.3 is 5.11 Å². The van der Waals surface area contributed by atoms with Gasteiger partial charge in [0.2, 0.25) is 5.88 Å². The molecule has 0 fully saturated rings. The number of aromatic hydroxyl groups is 1. The number of aromatic amines is 1. The Morgan fingerprint density at radius 2 is 2.17 bits per heavy atom. The molecule has 1 heterocycles. The molecule has 3 nitrogen and oxygen atoms in total. The topological polar surface area (TPSA) is 53.1 Å². The zero-order valence-corrected chi connectivity index (χ0v) is 11.0. The molecule has 0 spiro atoms. The van der Waals surface area contributed by atoms with Crippen LogP contribution in [0.3, 0.4) is 0 Å². The van der Waals surface area contributed by atoms with E-state index in [1.807, 2.05) is 0 Å². The van der Waals surface area contributed by atoms with Gasteiger partial charge in [-0.3, -0.25) is 9.78 Å². The molecule has 2 aromatic rings. The van der Waals surface area contributed by atoms with Crippen LogP contribution < -0.4 is 4.87 Å². The van der Waals surface area contributed by atoms with Gasteiger partial charge in [-0.2, -0.15) is 0 Å². The summed E-state index contributed by atoms with van der Waals surface area (Å²) in [7, 11) is 0. The second-order valence-electron chi connectivity index (χ2n) is 5.08. The third-order valence-corrected chi connectivity index (χ3v) is 4.34. The lowest BCUT2D eigenvalue weighted by atomic mass is 10.0. The first-order valence-corrected chi connectivity index (χ1v) is 6.95. The normalized spacial score (nSPS) is 17.9. The minimum atomic E-state index is -0.197. The van der Waals surface area contributed by atoms with Gasteiger partial charge in [-0.15, -0.1) is 0 Å². The maximum absolute atomic E-state index is 11.1. The number of benzene rings is 1. The fraction of sp³-hybridized carbons (Fsp3) is 0.357. The second-order valence-corrected chi connectivity index (χ2v) is 6.15. The van der Waals surface area contributed by atoms with Gasteiger partial charge in [0.15, 0.2) is 0 Å². The molecule has 18 heavy (non-hydrogen) atoms. The van der Waals surface area contributed by atoms with E-state index in [-0.39, 0.29) is 10.8 Å². The molecule has 1 aliphatic rings. The van der Waals surface area contributed by atoms with Crippen molar-refractivity contribution in [2.45, 2.75) is 26.2 Å². The van der Waals surface area contributed by atoms with Crippen LogP contribution in [0.15, 0.2) is 23.0 Å². The molecule has 1 aliphatic carbocycles. The van der Waals surface area contributed by atoms with Crippen LogP contribution in [-0.2, 0) is 19.3 Å². The Morgan fingerprint density at radius 3 is 2.89 bits per heavy atom. The Morgan fingerprint density at radius 1 is 1.39 bits per heavy atom. The highest BCUT2D eigenvalue weighted by molar-refractivity contribution is 7.09. The number of thiazole rings is 1. The van der Waals surface area contributed by atoms with E-state index in [1.54, 1.807) is 0 Å². The van der Waals surface area contributed by atoms with Crippen molar-refractivity contribution in [1.29, 1.82) is 0 Å². The zero-order valence-electron chi connectivity index (χ0n) is 10.2. The van der Waals surface area contributed by atoms with Crippen LogP contribution in [0.5, 0.6) is 5.88 Å². The van der Waals surface area contributed by atoms with Crippen LogP contribution in [0.25, 0.3) is 0 Å². The van der Waals surface area contributed by atoms with E-state index >= 15 is 0 Å². The molecule has 1 aromatic carbocycles. The van der Waals surface area contributed by atoms with Gasteiger partial charge in [-0.1, -0.05) is 36.5 Å². The molecule has 1 unspecified atom stereocenters. The fourth-order valence-corrected chi connectivity index (χ4v) is 3.42. The van der Waals surface area contributed by atoms with Gasteiger partial charge in [0.25, 0.3) is 0 Å². The molecule has 1 atom stereocenters. The van der Waals surface area contributed by atoms with Crippen LogP contribution >= 0.6 is 11.3 Å². The van der Waals surface area contributed by atoms with Gasteiger partial charge in [-0.05, 0) is 35.4 Å². The number of rotatable bonds is 2. The monoisotopic (exact) mass is 261 g/mol. The van der Waals surface area contributed by atoms with Gasteiger partial charge in [0.1, 0.15) is 0 Å². The molecular formula is C14H15NO2S. The van der Waals surface area contributed by atoms with E-state index in [0.717, 1.165) is 29.2 Å². The van der Waals surface area contributed by atoms with Crippen molar-refractivity contribution in [3.63, 3.8) is 0 Å². The van der Waals surface area contributed by atoms with E-state index in [2.05, 4.69) is 30.1 Å². The van der Waals surface area contributed by atoms with Crippen molar-refractivity contribution in [3.8, 4) is 5.88 Å². The minimum Gasteiger partial charge on any atom is -0.494 e. The van der Waals surface area contributed by atoms with E-state index in [9.17, 15) is 9.90 Å². The largest absolute Gasteiger partial charge is 0.494 e. The summed E-state index contributed by atoms with van der Waals surface area (Å²) in [5, 5.41) is 9.58. The number of H-pyrrole nitrogens is 1. The smallest absolute Gasteiger partial charge is 0.307 e. The van der Waals surface area contributed by atoms with Crippen LogP contribution in [0.2, 0.25) is 0 Å². The summed E-state index contributed by atoms with van der Waals surface area (Å²) in [6, 6.07) is 6.49. The zero-order chi connectivity index (χ0) is 12.7. The highest BCUT2D eigenvalue weighted by Crippen LogP contribution is 2.29. The number of hydrogen-bond acceptors (Lipinski definition) is 3. The molecule has 0 aliphatic heterocycles. The van der Waals surface area contributed by atoms with Gasteiger partial charge in [0, 0.05) is 6.42 Å². The molecule has 1 aromatic heterocycles. The number of nitrogens with one attached hydrogen (secondary N) is 1. The van der Waals surface area contributed by atoms with Gasteiger partial charge in [0.05, 0.1) is 4.88 Å². The van der Waals surface area contributed by atoms with E-state index in [0.29, 0.717) is 11.3 Å². The molecule has 0 saturated heterocycles. The summed E-state index contributed by atoms with van der Waals surface area (Å²) in [5.74, 6) is 0.742. The first-order valence-electron chi connectivity index (χ1n) is 6.13. The quantitative estimate of drug-likeness (QED) is 0.872. The van der Waals surface area contributed by atoms with Crippen LogP contribution in [-0.4, -0.2) is 10.1 Å². The number of fused-ring (bicyclic) bond motifs is 1. The third kappa shape index (κ3) is 2.08. The van der Waals surface area contributed by atoms with Crippen LogP contribution in [0.4, 0.5) is 0 Å². The third-order valence-electron chi connectivity index (χ3n) is 3.47. The maximum atomic E-state index is 11.1. The number of aromatic nitrogens is 1. The van der Waals surface area contributed by atoms with E-state index < -0.39 is 0 Å². The lowest BCUT2D eigenvalue weighted by molar-refractivity contribution is 0.451. The van der Waals surface area contributed by atoms with Crippen molar-refractivity contribution >= 4 is 11.3 Å². The summed E-state index contributed by atoms with van der Waals surface area (Å²) in [6.07, 6.45) is 2.92. The van der Waals surface area contributed by atoms with Crippen molar-refractivity contribution in [1.82, 2.24) is 4.98 Å². The fourth-order valence-electron chi connectivity index (χ4n) is 2.66. The van der Waals surface area contributed by atoms with Gasteiger partial charge >= 0.3 is 4.87 Å².